The largest absolute Gasteiger partial charge is 0.376 e. The zero-order chi connectivity index (χ0) is 9.68. The standard InChI is InChI=1S/C10H22N2O/c1-9(3-4-11)7-12-5-6-13-10(2)8-12/h9-10H,3-8,11H2,1-2H3. The molecule has 13 heavy (non-hydrogen) atoms. The molecule has 2 unspecified atom stereocenters. The van der Waals surface area contributed by atoms with Crippen molar-refractivity contribution in [1.82, 2.24) is 4.90 Å². The van der Waals surface area contributed by atoms with Gasteiger partial charge in [-0.05, 0) is 25.8 Å². The zero-order valence-electron chi connectivity index (χ0n) is 8.83. The molecule has 2 N–H and O–H groups in total. The van der Waals surface area contributed by atoms with Crippen LogP contribution in [0.25, 0.3) is 0 Å². The average Bonchev–Trinajstić information content (AvgIpc) is 2.04. The van der Waals surface area contributed by atoms with Crippen LogP contribution in [0, 0.1) is 5.92 Å². The van der Waals surface area contributed by atoms with Crippen molar-refractivity contribution in [3.05, 3.63) is 0 Å². The predicted octanol–water partition coefficient (Wildman–Crippen LogP) is 0.692. The third-order valence-corrected chi connectivity index (χ3v) is 2.55. The molecule has 1 saturated heterocycles. The van der Waals surface area contributed by atoms with Gasteiger partial charge in [0.25, 0.3) is 0 Å². The summed E-state index contributed by atoms with van der Waals surface area (Å²) in [6.45, 7) is 9.43. The summed E-state index contributed by atoms with van der Waals surface area (Å²) in [5.74, 6) is 0.718. The van der Waals surface area contributed by atoms with E-state index in [1.165, 1.54) is 6.54 Å². The summed E-state index contributed by atoms with van der Waals surface area (Å²) in [5, 5.41) is 0. The molecule has 3 nitrogen and oxygen atoms in total. The molecule has 0 saturated carbocycles. The smallest absolute Gasteiger partial charge is 0.0674 e. The summed E-state index contributed by atoms with van der Waals surface area (Å²) in [6, 6.07) is 0. The number of rotatable bonds is 4. The highest BCUT2D eigenvalue weighted by atomic mass is 16.5. The molecule has 0 aromatic carbocycles. The first kappa shape index (κ1) is 11.0. The second kappa shape index (κ2) is 5.58. The maximum Gasteiger partial charge on any atom is 0.0674 e. The summed E-state index contributed by atoms with van der Waals surface area (Å²) in [4.78, 5) is 2.48. The maximum absolute atomic E-state index is 5.52. The minimum absolute atomic E-state index is 0.402. The first-order valence-corrected chi connectivity index (χ1v) is 5.26. The van der Waals surface area contributed by atoms with Gasteiger partial charge in [0.1, 0.15) is 0 Å². The SMILES string of the molecule is CC(CCN)CN1CCOC(C)C1. The van der Waals surface area contributed by atoms with Crippen molar-refractivity contribution >= 4 is 0 Å². The number of nitrogens with two attached hydrogens (primary N) is 1. The highest BCUT2D eigenvalue weighted by Crippen LogP contribution is 2.09. The van der Waals surface area contributed by atoms with Crippen LogP contribution in [0.15, 0.2) is 0 Å². The van der Waals surface area contributed by atoms with Gasteiger partial charge in [0.15, 0.2) is 0 Å². The van der Waals surface area contributed by atoms with Gasteiger partial charge in [0, 0.05) is 19.6 Å². The van der Waals surface area contributed by atoms with Crippen molar-refractivity contribution in [3.8, 4) is 0 Å². The summed E-state index contributed by atoms with van der Waals surface area (Å²) in [5.41, 5.74) is 5.52. The summed E-state index contributed by atoms with van der Waals surface area (Å²) < 4.78 is 5.48. The van der Waals surface area contributed by atoms with Gasteiger partial charge in [-0.1, -0.05) is 6.92 Å². The fourth-order valence-electron chi connectivity index (χ4n) is 1.87. The van der Waals surface area contributed by atoms with Crippen LogP contribution < -0.4 is 5.73 Å². The minimum Gasteiger partial charge on any atom is -0.376 e. The van der Waals surface area contributed by atoms with Crippen LogP contribution >= 0.6 is 0 Å². The van der Waals surface area contributed by atoms with Crippen molar-refractivity contribution in [2.24, 2.45) is 11.7 Å². The molecule has 1 heterocycles. The molecule has 0 aliphatic carbocycles. The Kier molecular flexibility index (Phi) is 4.70. The molecular weight excluding hydrogens is 164 g/mol. The minimum atomic E-state index is 0.402. The number of nitrogens with zero attached hydrogens (tertiary/aromatic N) is 1. The van der Waals surface area contributed by atoms with Gasteiger partial charge in [0.2, 0.25) is 0 Å². The highest BCUT2D eigenvalue weighted by Gasteiger charge is 2.17. The lowest BCUT2D eigenvalue weighted by Crippen LogP contribution is -2.43. The number of morpholine rings is 1. The molecule has 78 valence electrons. The summed E-state index contributed by atoms with van der Waals surface area (Å²) >= 11 is 0. The molecule has 1 aliphatic rings. The topological polar surface area (TPSA) is 38.5 Å². The van der Waals surface area contributed by atoms with Crippen LogP contribution in [0.5, 0.6) is 0 Å². The van der Waals surface area contributed by atoms with E-state index in [4.69, 9.17) is 10.5 Å². The van der Waals surface area contributed by atoms with E-state index < -0.39 is 0 Å². The second-order valence-electron chi connectivity index (χ2n) is 4.12. The van der Waals surface area contributed by atoms with E-state index >= 15 is 0 Å². The molecule has 0 amide bonds. The van der Waals surface area contributed by atoms with Crippen LogP contribution in [0.3, 0.4) is 0 Å². The molecule has 1 aliphatic heterocycles. The van der Waals surface area contributed by atoms with E-state index in [-0.39, 0.29) is 0 Å². The molecule has 0 bridgehead atoms. The van der Waals surface area contributed by atoms with Crippen molar-refractivity contribution in [2.75, 3.05) is 32.8 Å². The lowest BCUT2D eigenvalue weighted by atomic mass is 10.1. The zero-order valence-corrected chi connectivity index (χ0v) is 8.83. The number of hydrogen-bond acceptors (Lipinski definition) is 3. The molecule has 1 fully saturated rings. The van der Waals surface area contributed by atoms with E-state index in [0.717, 1.165) is 38.6 Å². The Morgan fingerprint density at radius 2 is 2.38 bits per heavy atom. The van der Waals surface area contributed by atoms with Crippen LogP contribution in [0.2, 0.25) is 0 Å². The first-order chi connectivity index (χ1) is 6.22. The normalized spacial score (nSPS) is 27.5. The second-order valence-corrected chi connectivity index (χ2v) is 4.12. The van der Waals surface area contributed by atoms with E-state index in [0.29, 0.717) is 6.10 Å². The van der Waals surface area contributed by atoms with Gasteiger partial charge in [-0.3, -0.25) is 4.90 Å². The molecule has 3 heteroatoms. The van der Waals surface area contributed by atoms with Crippen molar-refractivity contribution in [3.63, 3.8) is 0 Å². The van der Waals surface area contributed by atoms with E-state index in [9.17, 15) is 0 Å². The van der Waals surface area contributed by atoms with E-state index in [2.05, 4.69) is 18.7 Å². The van der Waals surface area contributed by atoms with Crippen LogP contribution in [-0.4, -0.2) is 43.8 Å². The lowest BCUT2D eigenvalue weighted by Gasteiger charge is -2.32. The highest BCUT2D eigenvalue weighted by molar-refractivity contribution is 4.70. The molecular formula is C10H22N2O. The van der Waals surface area contributed by atoms with Crippen LogP contribution in [0.1, 0.15) is 20.3 Å². The molecule has 2 atom stereocenters. The lowest BCUT2D eigenvalue weighted by molar-refractivity contribution is -0.0225. The summed E-state index contributed by atoms with van der Waals surface area (Å²) in [7, 11) is 0. The number of hydrogen-bond donors (Lipinski definition) is 1. The Labute approximate surface area is 81.2 Å². The average molecular weight is 186 g/mol. The van der Waals surface area contributed by atoms with Crippen molar-refractivity contribution in [1.29, 1.82) is 0 Å². The fourth-order valence-corrected chi connectivity index (χ4v) is 1.87. The Morgan fingerprint density at radius 3 is 3.00 bits per heavy atom. The van der Waals surface area contributed by atoms with E-state index in [1.807, 2.05) is 0 Å². The number of ether oxygens (including phenoxy) is 1. The van der Waals surface area contributed by atoms with Crippen LogP contribution in [0.4, 0.5) is 0 Å². The molecule has 0 aromatic rings. The summed E-state index contributed by atoms with van der Waals surface area (Å²) in [6.07, 6.45) is 1.53. The third kappa shape index (κ3) is 4.07. The van der Waals surface area contributed by atoms with Gasteiger partial charge in [0.05, 0.1) is 12.7 Å². The molecule has 0 radical (unpaired) electrons. The van der Waals surface area contributed by atoms with Crippen molar-refractivity contribution < 1.29 is 4.74 Å². The fraction of sp³-hybridized carbons (Fsp3) is 1.00. The van der Waals surface area contributed by atoms with Crippen LogP contribution in [-0.2, 0) is 4.74 Å². The Bertz CT molecular complexity index is 141. The quantitative estimate of drug-likeness (QED) is 0.702. The molecule has 1 rings (SSSR count). The maximum atomic E-state index is 5.52. The Hall–Kier alpha value is -0.120. The Morgan fingerprint density at radius 1 is 1.62 bits per heavy atom. The van der Waals surface area contributed by atoms with Gasteiger partial charge < -0.3 is 10.5 Å². The predicted molar refractivity (Wildman–Crippen MR) is 54.7 cm³/mol. The van der Waals surface area contributed by atoms with Gasteiger partial charge in [-0.25, -0.2) is 0 Å². The van der Waals surface area contributed by atoms with Gasteiger partial charge >= 0.3 is 0 Å². The molecule has 0 spiro atoms. The van der Waals surface area contributed by atoms with Gasteiger partial charge in [-0.2, -0.15) is 0 Å². The van der Waals surface area contributed by atoms with Gasteiger partial charge in [-0.15, -0.1) is 0 Å². The van der Waals surface area contributed by atoms with Crippen molar-refractivity contribution in [2.45, 2.75) is 26.4 Å². The molecule has 0 aromatic heterocycles. The third-order valence-electron chi connectivity index (χ3n) is 2.55. The Balaban J connectivity index is 2.19. The monoisotopic (exact) mass is 186 g/mol. The van der Waals surface area contributed by atoms with E-state index in [1.54, 1.807) is 0 Å². The first-order valence-electron chi connectivity index (χ1n) is 5.26.